The number of rotatable bonds is 3. The smallest absolute Gasteiger partial charge is 0.267 e. The molecular weight excluding hydrogens is 237 g/mol. The third-order valence-corrected chi connectivity index (χ3v) is 2.78. The van der Waals surface area contributed by atoms with Gasteiger partial charge in [0.25, 0.3) is 5.91 Å². The first-order chi connectivity index (χ1) is 8.72. The quantitative estimate of drug-likeness (QED) is 0.838. The van der Waals surface area contributed by atoms with Gasteiger partial charge in [0.2, 0.25) is 0 Å². The summed E-state index contributed by atoms with van der Waals surface area (Å²) >= 11 is 0. The molecule has 1 aromatic rings. The number of hydrogen-bond donors (Lipinski definition) is 2. The van der Waals surface area contributed by atoms with E-state index in [9.17, 15) is 9.18 Å². The van der Waals surface area contributed by atoms with Crippen LogP contribution >= 0.6 is 0 Å². The molecule has 0 spiro atoms. The number of halogens is 1. The number of nitrogens with zero attached hydrogens (tertiary/aromatic N) is 1. The summed E-state index contributed by atoms with van der Waals surface area (Å²) < 4.78 is 18.7. The van der Waals surface area contributed by atoms with Gasteiger partial charge in [0.1, 0.15) is 5.82 Å². The van der Waals surface area contributed by atoms with Crippen molar-refractivity contribution in [1.29, 1.82) is 0 Å². The summed E-state index contributed by atoms with van der Waals surface area (Å²) in [7, 11) is 1.59. The fourth-order valence-corrected chi connectivity index (χ4v) is 1.85. The molecule has 6 heteroatoms. The van der Waals surface area contributed by atoms with Crippen LogP contribution in [0.15, 0.2) is 18.2 Å². The second-order valence-electron chi connectivity index (χ2n) is 3.95. The molecule has 1 heterocycles. The lowest BCUT2D eigenvalue weighted by molar-refractivity contribution is 0.0126. The van der Waals surface area contributed by atoms with Gasteiger partial charge in [0.15, 0.2) is 0 Å². The zero-order valence-electron chi connectivity index (χ0n) is 10.2. The van der Waals surface area contributed by atoms with Crippen LogP contribution in [0.1, 0.15) is 10.4 Å². The molecule has 1 aromatic carbocycles. The highest BCUT2D eigenvalue weighted by Gasteiger charge is 2.18. The Labute approximate surface area is 105 Å². The molecule has 0 saturated carbocycles. The standard InChI is InChI=1S/C12H16FN3O2/c1-14-11-9(3-2-4-10(11)13)12(17)15-16-5-7-18-8-6-16/h2-4,14H,5-8H2,1H3,(H,15,17). The van der Waals surface area contributed by atoms with Gasteiger partial charge in [-0.05, 0) is 12.1 Å². The fourth-order valence-electron chi connectivity index (χ4n) is 1.85. The summed E-state index contributed by atoms with van der Waals surface area (Å²) in [6.07, 6.45) is 0. The van der Waals surface area contributed by atoms with Gasteiger partial charge in [-0.2, -0.15) is 0 Å². The minimum Gasteiger partial charge on any atom is -0.385 e. The van der Waals surface area contributed by atoms with E-state index in [0.717, 1.165) is 0 Å². The first-order valence-electron chi connectivity index (χ1n) is 5.82. The predicted molar refractivity (Wildman–Crippen MR) is 65.8 cm³/mol. The lowest BCUT2D eigenvalue weighted by Gasteiger charge is -2.27. The van der Waals surface area contributed by atoms with Crippen molar-refractivity contribution in [2.45, 2.75) is 0 Å². The van der Waals surface area contributed by atoms with Crippen molar-refractivity contribution in [2.24, 2.45) is 0 Å². The van der Waals surface area contributed by atoms with E-state index in [4.69, 9.17) is 4.74 Å². The lowest BCUT2D eigenvalue weighted by atomic mass is 10.1. The molecule has 0 atom stereocenters. The number of amides is 1. The van der Waals surface area contributed by atoms with Crippen molar-refractivity contribution in [3.63, 3.8) is 0 Å². The van der Waals surface area contributed by atoms with Gasteiger partial charge in [0.05, 0.1) is 24.5 Å². The van der Waals surface area contributed by atoms with E-state index in [-0.39, 0.29) is 11.6 Å². The first-order valence-corrected chi connectivity index (χ1v) is 5.82. The maximum atomic E-state index is 13.5. The number of nitrogens with one attached hydrogen (secondary N) is 2. The third-order valence-electron chi connectivity index (χ3n) is 2.78. The topological polar surface area (TPSA) is 53.6 Å². The van der Waals surface area contributed by atoms with Gasteiger partial charge in [-0.25, -0.2) is 9.40 Å². The van der Waals surface area contributed by atoms with Gasteiger partial charge < -0.3 is 10.1 Å². The van der Waals surface area contributed by atoms with Crippen LogP contribution in [0.3, 0.4) is 0 Å². The van der Waals surface area contributed by atoms with E-state index in [2.05, 4.69) is 10.7 Å². The highest BCUT2D eigenvalue weighted by Crippen LogP contribution is 2.19. The van der Waals surface area contributed by atoms with Gasteiger partial charge in [0, 0.05) is 20.1 Å². The number of para-hydroxylation sites is 1. The molecule has 0 bridgehead atoms. The molecular formula is C12H16FN3O2. The molecule has 2 rings (SSSR count). The predicted octanol–water partition coefficient (Wildman–Crippen LogP) is 0.844. The molecule has 0 aliphatic carbocycles. The second kappa shape index (κ2) is 5.79. The van der Waals surface area contributed by atoms with Crippen LogP contribution in [0.4, 0.5) is 10.1 Å². The number of benzene rings is 1. The van der Waals surface area contributed by atoms with Crippen molar-refractivity contribution in [3.05, 3.63) is 29.6 Å². The normalized spacial score (nSPS) is 16.3. The number of carbonyl (C=O) groups excluding carboxylic acids is 1. The monoisotopic (exact) mass is 253 g/mol. The average molecular weight is 253 g/mol. The Balaban J connectivity index is 2.10. The zero-order chi connectivity index (χ0) is 13.0. The average Bonchev–Trinajstić information content (AvgIpc) is 2.39. The largest absolute Gasteiger partial charge is 0.385 e. The van der Waals surface area contributed by atoms with Crippen molar-refractivity contribution in [3.8, 4) is 0 Å². The molecule has 1 fully saturated rings. The Hall–Kier alpha value is -1.66. The molecule has 5 nitrogen and oxygen atoms in total. The Bertz CT molecular complexity index is 433. The summed E-state index contributed by atoms with van der Waals surface area (Å²) in [6.45, 7) is 2.44. The molecule has 0 aromatic heterocycles. The van der Waals surface area contributed by atoms with E-state index in [1.54, 1.807) is 18.1 Å². The number of hydrogen-bond acceptors (Lipinski definition) is 4. The Morgan fingerprint density at radius 1 is 1.39 bits per heavy atom. The SMILES string of the molecule is CNc1c(F)cccc1C(=O)NN1CCOCC1. The summed E-state index contributed by atoms with van der Waals surface area (Å²) in [5, 5.41) is 4.48. The lowest BCUT2D eigenvalue weighted by Crippen LogP contribution is -2.48. The summed E-state index contributed by atoms with van der Waals surface area (Å²) in [4.78, 5) is 12.0. The van der Waals surface area contributed by atoms with Crippen LogP contribution < -0.4 is 10.7 Å². The van der Waals surface area contributed by atoms with Crippen molar-refractivity contribution in [2.75, 3.05) is 38.7 Å². The number of anilines is 1. The van der Waals surface area contributed by atoms with Crippen LogP contribution in [0.2, 0.25) is 0 Å². The van der Waals surface area contributed by atoms with Gasteiger partial charge in [-0.15, -0.1) is 0 Å². The molecule has 1 aliphatic heterocycles. The van der Waals surface area contributed by atoms with E-state index in [0.29, 0.717) is 31.9 Å². The zero-order valence-corrected chi connectivity index (χ0v) is 10.2. The van der Waals surface area contributed by atoms with E-state index < -0.39 is 5.82 Å². The molecule has 1 saturated heterocycles. The molecule has 1 aliphatic rings. The summed E-state index contributed by atoms with van der Waals surface area (Å²) in [5.41, 5.74) is 3.25. The van der Waals surface area contributed by atoms with E-state index >= 15 is 0 Å². The summed E-state index contributed by atoms with van der Waals surface area (Å²) in [6, 6.07) is 4.42. The van der Waals surface area contributed by atoms with E-state index in [1.807, 2.05) is 0 Å². The van der Waals surface area contributed by atoms with Crippen LogP contribution in [0, 0.1) is 5.82 Å². The molecule has 0 radical (unpaired) electrons. The Kier molecular flexibility index (Phi) is 4.11. The highest BCUT2D eigenvalue weighted by molar-refractivity contribution is 5.99. The minimum atomic E-state index is -0.438. The number of morpholine rings is 1. The molecule has 1 amide bonds. The van der Waals surface area contributed by atoms with Gasteiger partial charge >= 0.3 is 0 Å². The third kappa shape index (κ3) is 2.77. The van der Waals surface area contributed by atoms with E-state index in [1.165, 1.54) is 12.1 Å². The van der Waals surface area contributed by atoms with Gasteiger partial charge in [-0.3, -0.25) is 10.2 Å². The minimum absolute atomic E-state index is 0.211. The highest BCUT2D eigenvalue weighted by atomic mass is 19.1. The maximum absolute atomic E-state index is 13.5. The molecule has 98 valence electrons. The molecule has 0 unspecified atom stereocenters. The summed E-state index contributed by atoms with van der Waals surface area (Å²) in [5.74, 6) is -0.757. The number of carbonyl (C=O) groups is 1. The van der Waals surface area contributed by atoms with Crippen LogP contribution in [-0.4, -0.2) is 44.3 Å². The first kappa shape index (κ1) is 12.8. The fraction of sp³-hybridized carbons (Fsp3) is 0.417. The Morgan fingerprint density at radius 3 is 2.78 bits per heavy atom. The van der Waals surface area contributed by atoms with Crippen molar-refractivity contribution in [1.82, 2.24) is 10.4 Å². The van der Waals surface area contributed by atoms with Gasteiger partial charge in [-0.1, -0.05) is 6.07 Å². The Morgan fingerprint density at radius 2 is 2.11 bits per heavy atom. The van der Waals surface area contributed by atoms with Crippen LogP contribution in [0.25, 0.3) is 0 Å². The maximum Gasteiger partial charge on any atom is 0.267 e. The van der Waals surface area contributed by atoms with Crippen LogP contribution in [0.5, 0.6) is 0 Å². The van der Waals surface area contributed by atoms with Crippen molar-refractivity contribution >= 4 is 11.6 Å². The molecule has 2 N–H and O–H groups in total. The van der Waals surface area contributed by atoms with Crippen LogP contribution in [-0.2, 0) is 4.74 Å². The van der Waals surface area contributed by atoms with Crippen molar-refractivity contribution < 1.29 is 13.9 Å². The second-order valence-corrected chi connectivity index (χ2v) is 3.95. The number of ether oxygens (including phenoxy) is 1. The molecule has 18 heavy (non-hydrogen) atoms. The number of hydrazine groups is 1.